The van der Waals surface area contributed by atoms with E-state index in [0.717, 1.165) is 25.3 Å². The first-order chi connectivity index (χ1) is 18.0. The molecule has 0 saturated carbocycles. The predicted octanol–water partition coefficient (Wildman–Crippen LogP) is 7.11. The van der Waals surface area contributed by atoms with Crippen LogP contribution in [-0.4, -0.2) is 23.0 Å². The molecule has 0 aliphatic heterocycles. The van der Waals surface area contributed by atoms with E-state index in [9.17, 15) is 4.79 Å². The van der Waals surface area contributed by atoms with Gasteiger partial charge in [-0.2, -0.15) is 9.78 Å². The van der Waals surface area contributed by atoms with Crippen LogP contribution in [0.3, 0.4) is 0 Å². The zero-order chi connectivity index (χ0) is 25.9. The van der Waals surface area contributed by atoms with E-state index in [4.69, 9.17) is 9.47 Å². The van der Waals surface area contributed by atoms with Crippen molar-refractivity contribution in [3.05, 3.63) is 109 Å². The van der Waals surface area contributed by atoms with Gasteiger partial charge in [0.05, 0.1) is 24.2 Å². The summed E-state index contributed by atoms with van der Waals surface area (Å²) in [5.41, 5.74) is 2.12. The molecule has 0 N–H and O–H groups in total. The summed E-state index contributed by atoms with van der Waals surface area (Å²) in [7, 11) is 1.60. The molecule has 8 heteroatoms. The molecule has 0 amide bonds. The normalized spacial score (nSPS) is 11.5. The second kappa shape index (κ2) is 10.9. The van der Waals surface area contributed by atoms with E-state index in [1.807, 2.05) is 55.5 Å². The number of aryl methyl sites for hydroxylation is 1. The molecular formula is C29H23Br2N3O3. The van der Waals surface area contributed by atoms with Crippen molar-refractivity contribution < 1.29 is 9.47 Å². The van der Waals surface area contributed by atoms with Gasteiger partial charge in [0.25, 0.3) is 5.56 Å². The van der Waals surface area contributed by atoms with Crippen LogP contribution in [0.15, 0.2) is 91.6 Å². The minimum Gasteiger partial charge on any atom is -0.493 e. The Morgan fingerprint density at radius 3 is 2.59 bits per heavy atom. The Kier molecular flexibility index (Phi) is 7.39. The van der Waals surface area contributed by atoms with Crippen LogP contribution in [0.1, 0.15) is 23.9 Å². The number of benzene rings is 4. The van der Waals surface area contributed by atoms with Crippen molar-refractivity contribution in [3.63, 3.8) is 0 Å². The number of halogens is 2. The Balaban J connectivity index is 1.56. The average Bonchev–Trinajstić information content (AvgIpc) is 2.91. The van der Waals surface area contributed by atoms with Crippen molar-refractivity contribution in [2.24, 2.45) is 5.10 Å². The van der Waals surface area contributed by atoms with Crippen molar-refractivity contribution in [3.8, 4) is 11.5 Å². The van der Waals surface area contributed by atoms with E-state index in [0.29, 0.717) is 46.8 Å². The van der Waals surface area contributed by atoms with Gasteiger partial charge < -0.3 is 9.47 Å². The van der Waals surface area contributed by atoms with Gasteiger partial charge in [-0.05, 0) is 46.7 Å². The Hall–Kier alpha value is -3.49. The van der Waals surface area contributed by atoms with E-state index in [1.54, 1.807) is 19.4 Å². The summed E-state index contributed by atoms with van der Waals surface area (Å²) in [6.45, 7) is 2.28. The van der Waals surface area contributed by atoms with Gasteiger partial charge in [-0.15, -0.1) is 0 Å². The van der Waals surface area contributed by atoms with Crippen LogP contribution in [0, 0.1) is 0 Å². The third-order valence-electron chi connectivity index (χ3n) is 6.02. The lowest BCUT2D eigenvalue weighted by molar-refractivity contribution is 0.285. The van der Waals surface area contributed by atoms with Crippen LogP contribution in [0.4, 0.5) is 0 Å². The average molecular weight is 621 g/mol. The molecule has 6 nitrogen and oxygen atoms in total. The Morgan fingerprint density at radius 1 is 0.973 bits per heavy atom. The summed E-state index contributed by atoms with van der Waals surface area (Å²) in [4.78, 5) is 18.0. The number of methoxy groups -OCH3 is 1. The number of ether oxygens (including phenoxy) is 2. The Bertz CT molecular complexity index is 1710. The lowest BCUT2D eigenvalue weighted by Crippen LogP contribution is -2.22. The van der Waals surface area contributed by atoms with Crippen LogP contribution < -0.4 is 15.0 Å². The van der Waals surface area contributed by atoms with Gasteiger partial charge in [-0.25, -0.2) is 4.98 Å². The van der Waals surface area contributed by atoms with Crippen molar-refractivity contribution in [1.29, 1.82) is 0 Å². The van der Waals surface area contributed by atoms with Gasteiger partial charge in [0.15, 0.2) is 11.5 Å². The third-order valence-corrected chi connectivity index (χ3v) is 6.98. The summed E-state index contributed by atoms with van der Waals surface area (Å²) in [5, 5.41) is 7.32. The van der Waals surface area contributed by atoms with Crippen molar-refractivity contribution in [2.75, 3.05) is 7.11 Å². The van der Waals surface area contributed by atoms with Gasteiger partial charge in [0.1, 0.15) is 12.4 Å². The highest BCUT2D eigenvalue weighted by Crippen LogP contribution is 2.35. The minimum atomic E-state index is -0.236. The highest BCUT2D eigenvalue weighted by molar-refractivity contribution is 9.10. The molecule has 5 aromatic rings. The molecule has 5 rings (SSSR count). The SMILES string of the molecule is CCc1nc2ccc(Br)cc2c(=O)n1N=Cc1cc(Br)cc(OC)c1OCc1cccc2ccccc12. The third kappa shape index (κ3) is 5.17. The molecule has 0 fully saturated rings. The number of nitrogens with zero attached hydrogens (tertiary/aromatic N) is 3. The van der Waals surface area contributed by atoms with Crippen LogP contribution in [-0.2, 0) is 13.0 Å². The van der Waals surface area contributed by atoms with Gasteiger partial charge in [-0.1, -0.05) is 81.2 Å². The van der Waals surface area contributed by atoms with E-state index >= 15 is 0 Å². The monoisotopic (exact) mass is 619 g/mol. The lowest BCUT2D eigenvalue weighted by atomic mass is 10.1. The molecule has 1 aromatic heterocycles. The zero-order valence-electron chi connectivity index (χ0n) is 20.2. The molecule has 0 radical (unpaired) electrons. The first-order valence-electron chi connectivity index (χ1n) is 11.7. The molecule has 0 aliphatic carbocycles. The van der Waals surface area contributed by atoms with Crippen molar-refractivity contribution in [1.82, 2.24) is 9.66 Å². The predicted molar refractivity (Wildman–Crippen MR) is 155 cm³/mol. The number of rotatable bonds is 7. The summed E-state index contributed by atoms with van der Waals surface area (Å²) in [6.07, 6.45) is 2.16. The summed E-state index contributed by atoms with van der Waals surface area (Å²) in [5.74, 6) is 1.65. The molecule has 1 heterocycles. The molecule has 4 aromatic carbocycles. The second-order valence-corrected chi connectivity index (χ2v) is 10.2. The van der Waals surface area contributed by atoms with Gasteiger partial charge >= 0.3 is 0 Å². The first-order valence-corrected chi connectivity index (χ1v) is 13.3. The minimum absolute atomic E-state index is 0.236. The molecule has 0 saturated heterocycles. The van der Waals surface area contributed by atoms with Gasteiger partial charge in [0.2, 0.25) is 0 Å². The fourth-order valence-corrected chi connectivity index (χ4v) is 5.04. The Morgan fingerprint density at radius 2 is 1.78 bits per heavy atom. The quantitative estimate of drug-likeness (QED) is 0.182. The molecule has 0 spiro atoms. The number of aromatic nitrogens is 2. The molecule has 0 bridgehead atoms. The fourth-order valence-electron chi connectivity index (χ4n) is 4.22. The maximum Gasteiger partial charge on any atom is 0.282 e. The topological polar surface area (TPSA) is 65.7 Å². The maximum absolute atomic E-state index is 13.3. The van der Waals surface area contributed by atoms with Crippen LogP contribution >= 0.6 is 31.9 Å². The van der Waals surface area contributed by atoms with E-state index in [2.05, 4.69) is 60.1 Å². The molecule has 186 valence electrons. The van der Waals surface area contributed by atoms with Crippen molar-refractivity contribution >= 4 is 59.7 Å². The van der Waals surface area contributed by atoms with Gasteiger partial charge in [-0.3, -0.25) is 4.79 Å². The lowest BCUT2D eigenvalue weighted by Gasteiger charge is -2.15. The standard InChI is InChI=1S/C29H23Br2N3O3/c1-3-27-33-25-12-11-21(30)14-24(25)29(35)34(27)32-16-20-13-22(31)15-26(36-2)28(20)37-17-19-9-6-8-18-7-4-5-10-23(18)19/h4-16H,3,17H2,1-2H3. The highest BCUT2D eigenvalue weighted by Gasteiger charge is 2.14. The summed E-state index contributed by atoms with van der Waals surface area (Å²) in [6, 6.07) is 23.5. The second-order valence-electron chi connectivity index (χ2n) is 8.36. The first kappa shape index (κ1) is 25.2. The van der Waals surface area contributed by atoms with Crippen molar-refractivity contribution in [2.45, 2.75) is 20.0 Å². The number of hydrogen-bond donors (Lipinski definition) is 0. The molecule has 37 heavy (non-hydrogen) atoms. The largest absolute Gasteiger partial charge is 0.493 e. The highest BCUT2D eigenvalue weighted by atomic mass is 79.9. The molecule has 0 unspecified atom stereocenters. The van der Waals surface area contributed by atoms with Crippen LogP contribution in [0.2, 0.25) is 0 Å². The fraction of sp³-hybridized carbons (Fsp3) is 0.138. The molecule has 0 atom stereocenters. The zero-order valence-corrected chi connectivity index (χ0v) is 23.4. The van der Waals surface area contributed by atoms with E-state index in [-0.39, 0.29) is 5.56 Å². The summed E-state index contributed by atoms with van der Waals surface area (Å²) >= 11 is 6.98. The van der Waals surface area contributed by atoms with Crippen LogP contribution in [0.25, 0.3) is 21.7 Å². The molecular weight excluding hydrogens is 598 g/mol. The van der Waals surface area contributed by atoms with Crippen LogP contribution in [0.5, 0.6) is 11.5 Å². The number of hydrogen-bond acceptors (Lipinski definition) is 5. The van der Waals surface area contributed by atoms with E-state index in [1.165, 1.54) is 4.68 Å². The summed E-state index contributed by atoms with van der Waals surface area (Å²) < 4.78 is 14.9. The number of fused-ring (bicyclic) bond motifs is 2. The van der Waals surface area contributed by atoms with E-state index < -0.39 is 0 Å². The molecule has 0 aliphatic rings. The van der Waals surface area contributed by atoms with Gasteiger partial charge in [0, 0.05) is 20.9 Å². The maximum atomic E-state index is 13.3. The smallest absolute Gasteiger partial charge is 0.282 e. The Labute approximate surface area is 230 Å².